The third-order valence-electron chi connectivity index (χ3n) is 21.9. The Morgan fingerprint density at radius 1 is 0.372 bits per heavy atom. The zero-order chi connectivity index (χ0) is 97.8. The van der Waals surface area contributed by atoms with Crippen molar-refractivity contribution in [2.24, 2.45) is 0 Å². The van der Waals surface area contributed by atoms with Crippen molar-refractivity contribution in [3.05, 3.63) is 360 Å². The number of fused-ring (bicyclic) bond motifs is 2. The van der Waals surface area contributed by atoms with E-state index in [9.17, 15) is 11.6 Å². The molecule has 0 amide bonds. The van der Waals surface area contributed by atoms with Gasteiger partial charge in [0.15, 0.2) is 0 Å². The number of phenolic OH excluding ortho intramolecular Hbond substituents is 2. The largest absolute Gasteiger partial charge is 0.507 e. The van der Waals surface area contributed by atoms with Crippen LogP contribution >= 0.6 is 0 Å². The number of pyridine rings is 2. The molecule has 0 spiro atoms. The van der Waals surface area contributed by atoms with Crippen molar-refractivity contribution < 1.29 is 75.6 Å². The molecule has 10 heteroatoms. The summed E-state index contributed by atoms with van der Waals surface area (Å²) in [4.78, 5) is 19.7. The normalized spacial score (nSPS) is 14.1. The number of nitrogens with zero attached hydrogens (tertiary/aromatic N) is 6. The summed E-state index contributed by atoms with van der Waals surface area (Å²) in [6.45, 7) is 20.3. The van der Waals surface area contributed by atoms with Crippen LogP contribution in [0, 0.1) is 25.8 Å². The summed E-state index contributed by atoms with van der Waals surface area (Å²) in [5, 5.41) is 22.8. The van der Waals surface area contributed by atoms with E-state index in [0.29, 0.717) is 67.1 Å². The SMILES string of the molecule is [2H]C([2H])([2H])c1cc(-c2cc(C(C)C)cc(C([2H])(C)C)c2)ccc1-n1c(-c2ccccc2O)nc2c(-c3[c-]c(-c4cc(-c5ccc(C([2H])(C)C)cc5)ccn4)cc(-c4ccccc4)c3)cccc21.[2H]c1nc(-c2[c-]c(-c3cccc4c3nc(-c3ccccc3O)n4-c3ccc(-c4cc(C(C)C)cc(C([2H])(C)C)c4)cc3C([2H])([2H])[2H])cc(C(C)(C)C)c2)c([2H])c(-c2c([2H])c([2H])c([2H])c([2H])c2[2H])c1[2H].[Pt].[Pt]. The molecule has 610 valence electrons. The molecule has 121 heavy (non-hydrogen) atoms. The van der Waals surface area contributed by atoms with E-state index in [2.05, 4.69) is 87.3 Å². The van der Waals surface area contributed by atoms with Crippen molar-refractivity contribution >= 4 is 22.1 Å². The van der Waals surface area contributed by atoms with Crippen molar-refractivity contribution in [2.75, 3.05) is 0 Å². The van der Waals surface area contributed by atoms with Crippen LogP contribution in [0.3, 0.4) is 0 Å². The maximum Gasteiger partial charge on any atom is 0.148 e. The minimum atomic E-state index is -2.63. The average molecular weight is 1960 g/mol. The Hall–Kier alpha value is -11.9. The predicted molar refractivity (Wildman–Crippen MR) is 497 cm³/mol. The summed E-state index contributed by atoms with van der Waals surface area (Å²) in [5.74, 6) is -1.58. The molecule has 8 nitrogen and oxygen atoms in total. The zero-order valence-electron chi connectivity index (χ0n) is 86.6. The van der Waals surface area contributed by atoms with E-state index in [1.54, 1.807) is 77.5 Å². The first-order valence-corrected chi connectivity index (χ1v) is 40.1. The number of benzene rings is 13. The van der Waals surface area contributed by atoms with E-state index in [-0.39, 0.29) is 105 Å². The molecule has 2 N–H and O–H groups in total. The fourth-order valence-electron chi connectivity index (χ4n) is 15.1. The summed E-state index contributed by atoms with van der Waals surface area (Å²) in [7, 11) is 0. The molecule has 0 aliphatic rings. The summed E-state index contributed by atoms with van der Waals surface area (Å²) in [6, 6.07) is 81.0. The van der Waals surface area contributed by atoms with Crippen LogP contribution in [-0.2, 0) is 47.5 Å². The molecule has 0 aliphatic carbocycles. The second-order valence-corrected chi connectivity index (χ2v) is 32.6. The van der Waals surface area contributed by atoms with Crippen LogP contribution in [0.5, 0.6) is 11.5 Å². The van der Waals surface area contributed by atoms with Gasteiger partial charge in [-0.25, -0.2) is 9.97 Å². The number of para-hydroxylation sites is 4. The Kier molecular flexibility index (Phi) is 19.7. The topological polar surface area (TPSA) is 102 Å². The van der Waals surface area contributed by atoms with E-state index < -0.39 is 85.3 Å². The fourth-order valence-corrected chi connectivity index (χ4v) is 15.1. The third kappa shape index (κ3) is 18.0. The first-order chi connectivity index (χ1) is 64.0. The molecule has 0 atom stereocenters. The molecule has 17 aromatic rings. The van der Waals surface area contributed by atoms with Gasteiger partial charge in [-0.3, -0.25) is 19.1 Å². The first-order valence-electron chi connectivity index (χ1n) is 48.6. The smallest absolute Gasteiger partial charge is 0.148 e. The molecule has 0 unspecified atom stereocenters. The fraction of sp³-hybridized carbons (Fsp3) is 0.189. The Balaban J connectivity index is 0.000000217. The Bertz CT molecular complexity index is 7540. The molecular formula is C111H102N6O2Pt2-2. The summed E-state index contributed by atoms with van der Waals surface area (Å²) >= 11 is 0. The Labute approximate surface area is 766 Å². The van der Waals surface area contributed by atoms with E-state index in [0.717, 1.165) is 94.7 Å². The minimum absolute atomic E-state index is 0. The molecule has 17 rings (SSSR count). The van der Waals surface area contributed by atoms with Crippen molar-refractivity contribution in [3.8, 4) is 146 Å². The van der Waals surface area contributed by atoms with Gasteiger partial charge >= 0.3 is 0 Å². The van der Waals surface area contributed by atoms with Crippen LogP contribution in [-0.4, -0.2) is 39.3 Å². The summed E-state index contributed by atoms with van der Waals surface area (Å²) < 4.78 is 152. The van der Waals surface area contributed by atoms with E-state index in [1.165, 1.54) is 6.07 Å². The summed E-state index contributed by atoms with van der Waals surface area (Å²) in [6.07, 6.45) is 1.23. The molecular weight excluding hydrogens is 1840 g/mol. The molecule has 4 aromatic heterocycles. The molecule has 13 aromatic carbocycles. The van der Waals surface area contributed by atoms with Gasteiger partial charge in [0, 0.05) is 78.2 Å². The molecule has 0 radical (unpaired) electrons. The van der Waals surface area contributed by atoms with Crippen molar-refractivity contribution in [3.63, 3.8) is 0 Å². The molecule has 0 bridgehead atoms. The third-order valence-corrected chi connectivity index (χ3v) is 21.9. The molecule has 0 saturated carbocycles. The van der Waals surface area contributed by atoms with Gasteiger partial charge in [-0.05, 0) is 210 Å². The number of aromatic hydroxyl groups is 2. The molecule has 4 heterocycles. The van der Waals surface area contributed by atoms with Crippen LogP contribution in [0.1, 0.15) is 187 Å². The van der Waals surface area contributed by atoms with Crippen LogP contribution in [0.25, 0.3) is 157 Å². The average Bonchev–Trinajstić information content (AvgIpc) is 1.47. The second kappa shape index (κ2) is 36.2. The van der Waals surface area contributed by atoms with E-state index >= 15 is 0 Å². The van der Waals surface area contributed by atoms with Gasteiger partial charge in [-0.2, -0.15) is 0 Å². The van der Waals surface area contributed by atoms with Crippen LogP contribution in [0.4, 0.5) is 0 Å². The van der Waals surface area contributed by atoms with Gasteiger partial charge in [0.25, 0.3) is 0 Å². The quantitative estimate of drug-likeness (QED) is 0.0830. The first kappa shape index (κ1) is 65.9. The van der Waals surface area contributed by atoms with E-state index in [4.69, 9.17) is 36.9 Å². The van der Waals surface area contributed by atoms with Crippen molar-refractivity contribution in [2.45, 2.75) is 139 Å². The number of phenols is 2. The van der Waals surface area contributed by atoms with Gasteiger partial charge < -0.3 is 10.2 Å². The predicted octanol–water partition coefficient (Wildman–Crippen LogP) is 29.7. The van der Waals surface area contributed by atoms with Gasteiger partial charge in [-0.15, -0.1) is 53.1 Å². The van der Waals surface area contributed by atoms with E-state index in [1.807, 2.05) is 200 Å². The number of aromatic nitrogens is 6. The van der Waals surface area contributed by atoms with Gasteiger partial charge in [0.05, 0.1) is 55.5 Å². The van der Waals surface area contributed by atoms with Gasteiger partial charge in [-0.1, -0.05) is 312 Å². The van der Waals surface area contributed by atoms with Crippen molar-refractivity contribution in [1.29, 1.82) is 0 Å². The molecule has 0 fully saturated rings. The Morgan fingerprint density at radius 3 is 1.32 bits per heavy atom. The molecule has 0 saturated heterocycles. The van der Waals surface area contributed by atoms with Crippen LogP contribution in [0.15, 0.2) is 303 Å². The van der Waals surface area contributed by atoms with Crippen LogP contribution in [0.2, 0.25) is 0 Å². The summed E-state index contributed by atoms with van der Waals surface area (Å²) in [5.41, 5.74) is 19.1. The maximum absolute atomic E-state index is 11.4. The van der Waals surface area contributed by atoms with Crippen LogP contribution < -0.4 is 0 Å². The second-order valence-electron chi connectivity index (χ2n) is 32.6. The maximum atomic E-state index is 11.4. The monoisotopic (exact) mass is 1960 g/mol. The number of hydrogen-bond acceptors (Lipinski definition) is 6. The Morgan fingerprint density at radius 2 is 0.818 bits per heavy atom. The van der Waals surface area contributed by atoms with Crippen molar-refractivity contribution in [1.82, 2.24) is 29.1 Å². The zero-order valence-corrected chi connectivity index (χ0v) is 74.2. The standard InChI is InChI=1S/C58H52N3O.C53H50N3O.2Pt/c1-36(2)40-20-22-42(23-21-40)44-26-27-59-53(35-44)50-33-47(41-14-9-8-10-15-41)32-49(34-50)51-17-13-18-55-57(51)60-58(52-16-11-12-19-56(52)62)61(55)54-25-24-43(28-39(54)7)48-30-45(37(3)4)29-46(31-48)38(5)6;1-33(2)39-26-40(34(3)4)28-41(27-39)37-21-22-48(35(5)25-37)56-49-19-14-18-45(51(49)55-52(56)46-17-12-13-20-50(46)57)42-29-43(31-44(30-42)53(6,7)8)47-32-38(23-24-54-47)36-15-10-9-11-16-36;;/h8-33,35-38,62H,1-7H3;9-28,30-34,57H,1-8H3;;/q2*-1;;/i7D3,36D,37D;5D3,9D,10D,11D,15D,16D,23D,24D,32D,33D;;. The molecule has 0 aliphatic heterocycles. The number of imidazole rings is 2. The van der Waals surface area contributed by atoms with Gasteiger partial charge in [0.1, 0.15) is 23.1 Å². The van der Waals surface area contributed by atoms with Gasteiger partial charge in [0.2, 0.25) is 0 Å². The minimum Gasteiger partial charge on any atom is -0.507 e. The number of rotatable bonds is 18. The number of aryl methyl sites for hydroxylation is 2. The number of hydrogen-bond donors (Lipinski definition) is 2.